The molecule has 3 rings (SSSR count). The van der Waals surface area contributed by atoms with Crippen molar-refractivity contribution in [2.75, 3.05) is 5.32 Å². The number of hydrogen-bond donors (Lipinski definition) is 2. The summed E-state index contributed by atoms with van der Waals surface area (Å²) in [7, 11) is 0. The Morgan fingerprint density at radius 2 is 2.12 bits per heavy atom. The molecule has 1 atom stereocenters. The first-order chi connectivity index (χ1) is 11.4. The first-order valence-electron chi connectivity index (χ1n) is 6.86. The summed E-state index contributed by atoms with van der Waals surface area (Å²) in [5, 5.41) is 2.99. The van der Waals surface area contributed by atoms with Gasteiger partial charge in [0.2, 0.25) is 5.91 Å². The highest BCUT2D eigenvalue weighted by molar-refractivity contribution is 8.00. The Bertz CT molecular complexity index is 918. The molecule has 0 spiro atoms. The molecule has 1 aromatic carbocycles. The van der Waals surface area contributed by atoms with Crippen molar-refractivity contribution >= 4 is 46.1 Å². The third-order valence-corrected chi connectivity index (χ3v) is 4.32. The van der Waals surface area contributed by atoms with Gasteiger partial charge >= 0.3 is 0 Å². The van der Waals surface area contributed by atoms with Gasteiger partial charge in [-0.15, -0.1) is 0 Å². The van der Waals surface area contributed by atoms with Gasteiger partial charge in [-0.2, -0.15) is 0 Å². The van der Waals surface area contributed by atoms with Crippen molar-refractivity contribution < 1.29 is 13.6 Å². The largest absolute Gasteiger partial charge is 0.331 e. The molecule has 24 heavy (non-hydrogen) atoms. The van der Waals surface area contributed by atoms with Crippen molar-refractivity contribution in [2.24, 2.45) is 0 Å². The molecule has 0 aliphatic carbocycles. The Morgan fingerprint density at radius 3 is 2.88 bits per heavy atom. The summed E-state index contributed by atoms with van der Waals surface area (Å²) in [5.41, 5.74) is 1.35. The van der Waals surface area contributed by atoms with E-state index in [2.05, 4.69) is 20.3 Å². The highest BCUT2D eigenvalue weighted by atomic mass is 35.5. The van der Waals surface area contributed by atoms with E-state index in [-0.39, 0.29) is 11.6 Å². The number of rotatable bonds is 4. The van der Waals surface area contributed by atoms with Gasteiger partial charge in [0.15, 0.2) is 22.4 Å². The molecule has 0 fully saturated rings. The van der Waals surface area contributed by atoms with Crippen LogP contribution in [0.25, 0.3) is 11.2 Å². The number of amides is 1. The van der Waals surface area contributed by atoms with Gasteiger partial charge in [-0.1, -0.05) is 23.4 Å². The normalized spacial score (nSPS) is 12.3. The lowest BCUT2D eigenvalue weighted by Crippen LogP contribution is -2.22. The van der Waals surface area contributed by atoms with Crippen LogP contribution in [0.3, 0.4) is 0 Å². The Kier molecular flexibility index (Phi) is 4.68. The second-order valence-corrected chi connectivity index (χ2v) is 6.71. The fourth-order valence-corrected chi connectivity index (χ4v) is 2.91. The highest BCUT2D eigenvalue weighted by Crippen LogP contribution is 2.25. The number of fused-ring (bicyclic) bond motifs is 1. The van der Waals surface area contributed by atoms with E-state index in [9.17, 15) is 13.6 Å². The number of carbonyl (C=O) groups is 1. The average molecular weight is 369 g/mol. The number of aromatic nitrogens is 3. The van der Waals surface area contributed by atoms with Gasteiger partial charge in [-0.25, -0.2) is 18.7 Å². The predicted octanol–water partition coefficient (Wildman–Crippen LogP) is 4.01. The molecular weight excluding hydrogens is 358 g/mol. The third-order valence-electron chi connectivity index (χ3n) is 3.13. The lowest BCUT2D eigenvalue weighted by molar-refractivity contribution is -0.115. The first-order valence-corrected chi connectivity index (χ1v) is 8.12. The molecule has 0 saturated carbocycles. The van der Waals surface area contributed by atoms with Crippen LogP contribution in [0.1, 0.15) is 6.92 Å². The molecule has 3 aromatic rings. The van der Waals surface area contributed by atoms with E-state index in [1.165, 1.54) is 24.0 Å². The van der Waals surface area contributed by atoms with Crippen molar-refractivity contribution in [3.8, 4) is 0 Å². The van der Waals surface area contributed by atoms with Crippen LogP contribution in [-0.2, 0) is 4.79 Å². The van der Waals surface area contributed by atoms with Crippen molar-refractivity contribution in [1.82, 2.24) is 15.0 Å². The number of nitrogens with one attached hydrogen (secondary N) is 2. The molecule has 1 amide bonds. The predicted molar refractivity (Wildman–Crippen MR) is 89.2 cm³/mol. The molecule has 124 valence electrons. The van der Waals surface area contributed by atoms with E-state index >= 15 is 0 Å². The topological polar surface area (TPSA) is 70.7 Å². The number of hydrogen-bond acceptors (Lipinski definition) is 4. The van der Waals surface area contributed by atoms with Crippen molar-refractivity contribution in [2.45, 2.75) is 17.3 Å². The monoisotopic (exact) mass is 368 g/mol. The number of nitrogens with zero attached hydrogens (tertiary/aromatic N) is 2. The minimum atomic E-state index is -1.02. The van der Waals surface area contributed by atoms with Gasteiger partial charge in [0.05, 0.1) is 15.8 Å². The highest BCUT2D eigenvalue weighted by Gasteiger charge is 2.17. The Balaban J connectivity index is 1.69. The molecule has 2 N–H and O–H groups in total. The van der Waals surface area contributed by atoms with Crippen LogP contribution in [0, 0.1) is 11.6 Å². The molecule has 5 nitrogen and oxygen atoms in total. The molecule has 0 bridgehead atoms. The van der Waals surface area contributed by atoms with Crippen LogP contribution in [0.15, 0.2) is 35.6 Å². The number of thioether (sulfide) groups is 1. The zero-order valence-corrected chi connectivity index (χ0v) is 13.9. The quantitative estimate of drug-likeness (QED) is 0.683. The fraction of sp³-hybridized carbons (Fsp3) is 0.133. The number of carbonyl (C=O) groups excluding carboxylic acids is 1. The van der Waals surface area contributed by atoms with E-state index in [0.717, 1.165) is 12.1 Å². The van der Waals surface area contributed by atoms with E-state index < -0.39 is 16.9 Å². The van der Waals surface area contributed by atoms with Crippen LogP contribution in [0.5, 0.6) is 0 Å². The Morgan fingerprint density at radius 1 is 1.33 bits per heavy atom. The minimum absolute atomic E-state index is 0.185. The fourth-order valence-electron chi connectivity index (χ4n) is 1.95. The van der Waals surface area contributed by atoms with Gasteiger partial charge < -0.3 is 10.3 Å². The first kappa shape index (κ1) is 16.7. The van der Waals surface area contributed by atoms with Crippen molar-refractivity contribution in [3.63, 3.8) is 0 Å². The number of H-pyrrole nitrogens is 1. The van der Waals surface area contributed by atoms with Gasteiger partial charge in [0, 0.05) is 18.0 Å². The van der Waals surface area contributed by atoms with Crippen LogP contribution >= 0.6 is 23.4 Å². The lowest BCUT2D eigenvalue weighted by atomic mass is 10.3. The standard InChI is InChI=1S/C15H11ClF2N4OS/c1-7(14(23)20-9-2-3-10(17)11(18)5-9)24-15-21-12-4-8(16)6-19-13(12)22-15/h2-7H,1H3,(H,20,23)(H,19,21,22)/t7-/m0/s1. The summed E-state index contributed by atoms with van der Waals surface area (Å²) in [6, 6.07) is 4.86. The summed E-state index contributed by atoms with van der Waals surface area (Å²) in [5.74, 6) is -2.35. The second-order valence-electron chi connectivity index (χ2n) is 4.94. The van der Waals surface area contributed by atoms with Crippen molar-refractivity contribution in [1.29, 1.82) is 0 Å². The van der Waals surface area contributed by atoms with Gasteiger partial charge in [-0.3, -0.25) is 4.79 Å². The smallest absolute Gasteiger partial charge is 0.237 e. The number of imidazole rings is 1. The van der Waals surface area contributed by atoms with Crippen LogP contribution in [0.2, 0.25) is 5.02 Å². The molecule has 0 aliphatic heterocycles. The second kappa shape index (κ2) is 6.74. The summed E-state index contributed by atoms with van der Waals surface area (Å²) in [6.07, 6.45) is 1.48. The van der Waals surface area contributed by atoms with E-state index in [4.69, 9.17) is 11.6 Å². The summed E-state index contributed by atoms with van der Waals surface area (Å²) in [6.45, 7) is 1.67. The Hall–Kier alpha value is -2.19. The zero-order chi connectivity index (χ0) is 17.3. The lowest BCUT2D eigenvalue weighted by Gasteiger charge is -2.10. The van der Waals surface area contributed by atoms with E-state index in [1.807, 2.05) is 0 Å². The molecule has 9 heteroatoms. The zero-order valence-electron chi connectivity index (χ0n) is 12.3. The van der Waals surface area contributed by atoms with Crippen LogP contribution in [-0.4, -0.2) is 26.1 Å². The SMILES string of the molecule is C[C@H](Sc1nc2ncc(Cl)cc2[nH]1)C(=O)Nc1ccc(F)c(F)c1. The maximum atomic E-state index is 13.2. The molecule has 0 aliphatic rings. The maximum absolute atomic E-state index is 13.2. The summed E-state index contributed by atoms with van der Waals surface area (Å²) >= 11 is 7.04. The molecule has 2 aromatic heterocycles. The number of aromatic amines is 1. The molecule has 0 unspecified atom stereocenters. The van der Waals surface area contributed by atoms with E-state index in [0.29, 0.717) is 21.3 Å². The number of benzene rings is 1. The Labute approximate surface area is 144 Å². The van der Waals surface area contributed by atoms with Crippen LogP contribution < -0.4 is 5.32 Å². The third kappa shape index (κ3) is 3.65. The minimum Gasteiger partial charge on any atom is -0.331 e. The van der Waals surface area contributed by atoms with Gasteiger partial charge in [-0.05, 0) is 25.1 Å². The number of anilines is 1. The molecule has 0 radical (unpaired) electrons. The van der Waals surface area contributed by atoms with Crippen LogP contribution in [0.4, 0.5) is 14.5 Å². The van der Waals surface area contributed by atoms with E-state index in [1.54, 1.807) is 13.0 Å². The van der Waals surface area contributed by atoms with Crippen molar-refractivity contribution in [3.05, 3.63) is 47.1 Å². The maximum Gasteiger partial charge on any atom is 0.237 e. The molecule has 2 heterocycles. The average Bonchev–Trinajstić information content (AvgIpc) is 2.92. The molecular formula is C15H11ClF2N4OS. The summed E-state index contributed by atoms with van der Waals surface area (Å²) < 4.78 is 26.1. The number of pyridine rings is 1. The number of halogens is 3. The van der Waals surface area contributed by atoms with Gasteiger partial charge in [0.1, 0.15) is 0 Å². The van der Waals surface area contributed by atoms with Gasteiger partial charge in [0.25, 0.3) is 0 Å². The summed E-state index contributed by atoms with van der Waals surface area (Å²) in [4.78, 5) is 23.5. The molecule has 0 saturated heterocycles.